The van der Waals surface area contributed by atoms with Crippen LogP contribution in [0, 0.1) is 0 Å². The van der Waals surface area contributed by atoms with Gasteiger partial charge in [0.2, 0.25) is 0 Å². The first-order valence-electron chi connectivity index (χ1n) is 5.89. The van der Waals surface area contributed by atoms with E-state index in [1.807, 2.05) is 5.32 Å². The number of aliphatic carboxylic acids is 1. The predicted molar refractivity (Wildman–Crippen MR) is 67.0 cm³/mol. The number of nitrogens with one attached hydrogen (secondary N) is 2. The van der Waals surface area contributed by atoms with Crippen molar-refractivity contribution in [2.24, 2.45) is 0 Å². The fraction of sp³-hybridized carbons (Fsp3) is 0.417. The molecule has 1 aromatic heterocycles. The molecule has 8 nitrogen and oxygen atoms in total. The van der Waals surface area contributed by atoms with E-state index in [-0.39, 0.29) is 6.04 Å². The lowest BCUT2D eigenvalue weighted by molar-refractivity contribution is -0.143. The third-order valence-electron chi connectivity index (χ3n) is 2.18. The number of carboxylic acids is 1. The number of rotatable bonds is 7. The lowest BCUT2D eigenvalue weighted by Crippen LogP contribution is -2.45. The normalized spacial score (nSPS) is 11.7. The molecule has 0 spiro atoms. The molecule has 110 valence electrons. The van der Waals surface area contributed by atoms with E-state index in [1.54, 1.807) is 19.1 Å². The van der Waals surface area contributed by atoms with Crippen molar-refractivity contribution < 1.29 is 28.6 Å². The van der Waals surface area contributed by atoms with Crippen molar-refractivity contribution in [3.63, 3.8) is 0 Å². The van der Waals surface area contributed by atoms with Gasteiger partial charge < -0.3 is 19.6 Å². The van der Waals surface area contributed by atoms with E-state index >= 15 is 0 Å². The van der Waals surface area contributed by atoms with Crippen LogP contribution in [-0.2, 0) is 20.7 Å². The summed E-state index contributed by atoms with van der Waals surface area (Å²) in [7, 11) is 0. The maximum Gasteiger partial charge on any atom is 0.329 e. The van der Waals surface area contributed by atoms with E-state index in [1.165, 1.54) is 6.26 Å². The van der Waals surface area contributed by atoms with Crippen LogP contribution in [0.15, 0.2) is 22.8 Å². The van der Waals surface area contributed by atoms with Crippen molar-refractivity contribution in [3.8, 4) is 0 Å². The van der Waals surface area contributed by atoms with Gasteiger partial charge in [-0.15, -0.1) is 0 Å². The highest BCUT2D eigenvalue weighted by molar-refractivity contribution is 5.95. The highest BCUT2D eigenvalue weighted by atomic mass is 16.5. The summed E-state index contributed by atoms with van der Waals surface area (Å²) in [5.74, 6) is -1.18. The highest BCUT2D eigenvalue weighted by Crippen LogP contribution is 2.03. The number of carbonyl (C=O) groups is 3. The Labute approximate surface area is 115 Å². The number of hydrogen-bond donors (Lipinski definition) is 3. The Morgan fingerprint density at radius 3 is 2.75 bits per heavy atom. The molecule has 0 aliphatic heterocycles. The summed E-state index contributed by atoms with van der Waals surface area (Å²) < 4.78 is 9.67. The van der Waals surface area contributed by atoms with Gasteiger partial charge in [0.1, 0.15) is 19.0 Å². The van der Waals surface area contributed by atoms with E-state index < -0.39 is 31.1 Å². The second kappa shape index (κ2) is 7.95. The third kappa shape index (κ3) is 6.55. The maximum atomic E-state index is 11.4. The Morgan fingerprint density at radius 1 is 1.40 bits per heavy atom. The molecule has 0 aliphatic rings. The van der Waals surface area contributed by atoms with Gasteiger partial charge in [-0.05, 0) is 19.1 Å². The quantitative estimate of drug-likeness (QED) is 0.655. The topological polar surface area (TPSA) is 118 Å². The van der Waals surface area contributed by atoms with E-state index in [0.29, 0.717) is 12.2 Å². The minimum atomic E-state index is -1.19. The van der Waals surface area contributed by atoms with Gasteiger partial charge in [0.05, 0.1) is 6.26 Å². The van der Waals surface area contributed by atoms with Crippen LogP contribution in [-0.4, -0.2) is 42.3 Å². The van der Waals surface area contributed by atoms with Crippen molar-refractivity contribution in [2.45, 2.75) is 19.4 Å². The highest BCUT2D eigenvalue weighted by Gasteiger charge is 2.12. The van der Waals surface area contributed by atoms with Crippen molar-refractivity contribution in [1.82, 2.24) is 10.6 Å². The SMILES string of the molecule is CC(Cc1ccco1)NC(=O)NC(=O)COCC(=O)O. The summed E-state index contributed by atoms with van der Waals surface area (Å²) in [6, 6.07) is 2.62. The van der Waals surface area contributed by atoms with Gasteiger partial charge in [-0.1, -0.05) is 0 Å². The van der Waals surface area contributed by atoms with Crippen LogP contribution in [0.3, 0.4) is 0 Å². The number of amides is 3. The lowest BCUT2D eigenvalue weighted by Gasteiger charge is -2.12. The zero-order valence-corrected chi connectivity index (χ0v) is 10.9. The minimum Gasteiger partial charge on any atom is -0.480 e. The first-order valence-corrected chi connectivity index (χ1v) is 5.89. The second-order valence-corrected chi connectivity index (χ2v) is 4.09. The molecule has 1 rings (SSSR count). The molecular weight excluding hydrogens is 268 g/mol. The first kappa shape index (κ1) is 15.7. The molecule has 20 heavy (non-hydrogen) atoms. The molecule has 1 aromatic rings. The number of ether oxygens (including phenoxy) is 1. The smallest absolute Gasteiger partial charge is 0.329 e. The molecule has 0 bridgehead atoms. The predicted octanol–water partition coefficient (Wildman–Crippen LogP) is 0.138. The summed E-state index contributed by atoms with van der Waals surface area (Å²) in [5, 5.41) is 12.9. The van der Waals surface area contributed by atoms with Gasteiger partial charge in [0, 0.05) is 12.5 Å². The fourth-order valence-electron chi connectivity index (χ4n) is 1.44. The Balaban J connectivity index is 2.21. The van der Waals surface area contributed by atoms with Crippen LogP contribution in [0.5, 0.6) is 0 Å². The summed E-state index contributed by atoms with van der Waals surface area (Å²) in [5.41, 5.74) is 0. The molecule has 3 amide bonds. The number of imide groups is 1. The average molecular weight is 284 g/mol. The van der Waals surface area contributed by atoms with Gasteiger partial charge in [0.25, 0.3) is 5.91 Å². The Hall–Kier alpha value is -2.35. The largest absolute Gasteiger partial charge is 0.480 e. The van der Waals surface area contributed by atoms with Gasteiger partial charge in [0.15, 0.2) is 0 Å². The maximum absolute atomic E-state index is 11.4. The standard InChI is InChI=1S/C12H16N2O6/c1-8(5-9-3-2-4-20-9)13-12(18)14-10(15)6-19-7-11(16)17/h2-4,8H,5-7H2,1H3,(H,16,17)(H2,13,14,15,18). The van der Waals surface area contributed by atoms with Crippen LogP contribution in [0.1, 0.15) is 12.7 Å². The second-order valence-electron chi connectivity index (χ2n) is 4.09. The molecule has 0 saturated carbocycles. The van der Waals surface area contributed by atoms with Crippen molar-refractivity contribution >= 4 is 17.9 Å². The Bertz CT molecular complexity index is 457. The van der Waals surface area contributed by atoms with Crippen LogP contribution in [0.2, 0.25) is 0 Å². The molecule has 0 radical (unpaired) electrons. The van der Waals surface area contributed by atoms with E-state index in [9.17, 15) is 14.4 Å². The van der Waals surface area contributed by atoms with E-state index in [2.05, 4.69) is 10.1 Å². The zero-order valence-electron chi connectivity index (χ0n) is 10.9. The van der Waals surface area contributed by atoms with Gasteiger partial charge >= 0.3 is 12.0 Å². The number of furan rings is 1. The number of urea groups is 1. The summed E-state index contributed by atoms with van der Waals surface area (Å²) in [4.78, 5) is 32.8. The van der Waals surface area contributed by atoms with E-state index in [0.717, 1.165) is 0 Å². The van der Waals surface area contributed by atoms with Crippen molar-refractivity contribution in [1.29, 1.82) is 0 Å². The summed E-state index contributed by atoms with van der Waals surface area (Å²) in [6.07, 6.45) is 2.02. The Morgan fingerprint density at radius 2 is 2.15 bits per heavy atom. The molecule has 0 fully saturated rings. The molecule has 3 N–H and O–H groups in total. The van der Waals surface area contributed by atoms with Crippen LogP contribution < -0.4 is 10.6 Å². The molecule has 1 unspecified atom stereocenters. The van der Waals surface area contributed by atoms with Crippen molar-refractivity contribution in [3.05, 3.63) is 24.2 Å². The van der Waals surface area contributed by atoms with Crippen LogP contribution >= 0.6 is 0 Å². The third-order valence-corrected chi connectivity index (χ3v) is 2.18. The van der Waals surface area contributed by atoms with Crippen LogP contribution in [0.25, 0.3) is 0 Å². The lowest BCUT2D eigenvalue weighted by atomic mass is 10.2. The van der Waals surface area contributed by atoms with E-state index in [4.69, 9.17) is 9.52 Å². The average Bonchev–Trinajstić information content (AvgIpc) is 2.80. The summed E-state index contributed by atoms with van der Waals surface area (Å²) in [6.45, 7) is 0.670. The molecule has 1 heterocycles. The minimum absolute atomic E-state index is 0.228. The first-order chi connectivity index (χ1) is 9.47. The molecular formula is C12H16N2O6. The van der Waals surface area contributed by atoms with Crippen molar-refractivity contribution in [2.75, 3.05) is 13.2 Å². The summed E-state index contributed by atoms with van der Waals surface area (Å²) >= 11 is 0. The number of carboxylic acid groups (broad SMARTS) is 1. The van der Waals surface area contributed by atoms with Crippen LogP contribution in [0.4, 0.5) is 4.79 Å². The molecule has 0 aliphatic carbocycles. The van der Waals surface area contributed by atoms with Gasteiger partial charge in [-0.2, -0.15) is 0 Å². The molecule has 8 heteroatoms. The molecule has 1 atom stereocenters. The monoisotopic (exact) mass is 284 g/mol. The Kier molecular flexibility index (Phi) is 6.24. The fourth-order valence-corrected chi connectivity index (χ4v) is 1.44. The number of carbonyl (C=O) groups excluding carboxylic acids is 2. The molecule has 0 aromatic carbocycles. The zero-order chi connectivity index (χ0) is 15.0. The van der Waals surface area contributed by atoms with Gasteiger partial charge in [-0.25, -0.2) is 9.59 Å². The van der Waals surface area contributed by atoms with Gasteiger partial charge in [-0.3, -0.25) is 10.1 Å². The molecule has 0 saturated heterocycles. The number of hydrogen-bond acceptors (Lipinski definition) is 5.